The molecule has 0 bridgehead atoms. The highest BCUT2D eigenvalue weighted by atomic mass is 79.9. The average Bonchev–Trinajstić information content (AvgIpc) is 3.39. The highest BCUT2D eigenvalue weighted by molar-refractivity contribution is 9.10. The Morgan fingerprint density at radius 1 is 1.17 bits per heavy atom. The molecule has 0 aliphatic heterocycles. The zero-order chi connectivity index (χ0) is 17.1. The Hall–Kier alpha value is -2.21. The lowest BCUT2D eigenvalue weighted by Crippen LogP contribution is -2.33. The molecule has 0 saturated heterocycles. The first-order valence-corrected chi connectivity index (χ1v) is 8.35. The van der Waals surface area contributed by atoms with E-state index in [2.05, 4.69) is 21.2 Å². The number of nitrogens with one attached hydrogen (secondary N) is 1. The predicted molar refractivity (Wildman–Crippen MR) is 89.9 cm³/mol. The van der Waals surface area contributed by atoms with E-state index >= 15 is 0 Å². The third-order valence-electron chi connectivity index (χ3n) is 3.64. The SMILES string of the molecule is O=C(OC(C(=O)NC1CC1)c1ccccc1)c1cc(F)ccc1Br. The molecule has 124 valence electrons. The van der Waals surface area contributed by atoms with Gasteiger partial charge in [0, 0.05) is 16.1 Å². The lowest BCUT2D eigenvalue weighted by atomic mass is 10.1. The Balaban J connectivity index is 1.84. The molecule has 0 radical (unpaired) electrons. The van der Waals surface area contributed by atoms with Gasteiger partial charge in [-0.1, -0.05) is 30.3 Å². The first-order valence-electron chi connectivity index (χ1n) is 7.56. The average molecular weight is 392 g/mol. The number of carbonyl (C=O) groups is 2. The number of halogens is 2. The van der Waals surface area contributed by atoms with Gasteiger partial charge in [0.15, 0.2) is 0 Å². The van der Waals surface area contributed by atoms with E-state index in [4.69, 9.17) is 4.74 Å². The second-order valence-electron chi connectivity index (χ2n) is 5.60. The molecule has 0 aromatic heterocycles. The summed E-state index contributed by atoms with van der Waals surface area (Å²) in [5, 5.41) is 2.83. The normalized spacial score (nSPS) is 14.8. The number of esters is 1. The molecule has 2 aromatic carbocycles. The molecule has 1 aliphatic carbocycles. The molecule has 0 heterocycles. The number of benzene rings is 2. The molecular formula is C18H15BrFNO3. The van der Waals surface area contributed by atoms with Crippen LogP contribution in [0.1, 0.15) is 34.9 Å². The molecule has 6 heteroatoms. The largest absolute Gasteiger partial charge is 0.444 e. The van der Waals surface area contributed by atoms with Gasteiger partial charge in [0.05, 0.1) is 5.56 Å². The van der Waals surface area contributed by atoms with Gasteiger partial charge in [0.2, 0.25) is 6.10 Å². The van der Waals surface area contributed by atoms with Crippen molar-refractivity contribution in [1.82, 2.24) is 5.32 Å². The van der Waals surface area contributed by atoms with E-state index in [-0.39, 0.29) is 17.5 Å². The molecular weight excluding hydrogens is 377 g/mol. The summed E-state index contributed by atoms with van der Waals surface area (Å²) in [6.45, 7) is 0. The van der Waals surface area contributed by atoms with Crippen molar-refractivity contribution in [3.8, 4) is 0 Å². The number of hydrogen-bond donors (Lipinski definition) is 1. The van der Waals surface area contributed by atoms with Gasteiger partial charge in [0.25, 0.3) is 5.91 Å². The van der Waals surface area contributed by atoms with Gasteiger partial charge in [-0.25, -0.2) is 9.18 Å². The quantitative estimate of drug-likeness (QED) is 0.789. The molecule has 0 spiro atoms. The van der Waals surface area contributed by atoms with Gasteiger partial charge in [-0.3, -0.25) is 4.79 Å². The van der Waals surface area contributed by atoms with Crippen LogP contribution in [0.25, 0.3) is 0 Å². The van der Waals surface area contributed by atoms with E-state index in [0.717, 1.165) is 18.9 Å². The molecule has 1 atom stereocenters. The lowest BCUT2D eigenvalue weighted by molar-refractivity contribution is -0.130. The zero-order valence-electron chi connectivity index (χ0n) is 12.7. The van der Waals surface area contributed by atoms with Crippen LogP contribution in [0.4, 0.5) is 4.39 Å². The van der Waals surface area contributed by atoms with Crippen LogP contribution in [0.5, 0.6) is 0 Å². The fourth-order valence-electron chi connectivity index (χ4n) is 2.23. The Kier molecular flexibility index (Phi) is 4.94. The maximum Gasteiger partial charge on any atom is 0.340 e. The highest BCUT2D eigenvalue weighted by Gasteiger charge is 2.31. The van der Waals surface area contributed by atoms with Crippen LogP contribution >= 0.6 is 15.9 Å². The van der Waals surface area contributed by atoms with Crippen LogP contribution in [0.3, 0.4) is 0 Å². The number of hydrogen-bond acceptors (Lipinski definition) is 3. The second kappa shape index (κ2) is 7.13. The van der Waals surface area contributed by atoms with Crippen molar-refractivity contribution < 1.29 is 18.7 Å². The molecule has 1 unspecified atom stereocenters. The van der Waals surface area contributed by atoms with Crippen LogP contribution in [0.2, 0.25) is 0 Å². The van der Waals surface area contributed by atoms with Crippen molar-refractivity contribution in [3.63, 3.8) is 0 Å². The first-order chi connectivity index (χ1) is 11.5. The Morgan fingerprint density at radius 2 is 1.88 bits per heavy atom. The smallest absolute Gasteiger partial charge is 0.340 e. The summed E-state index contributed by atoms with van der Waals surface area (Å²) in [7, 11) is 0. The van der Waals surface area contributed by atoms with Gasteiger partial charge in [0.1, 0.15) is 5.82 Å². The van der Waals surface area contributed by atoms with Crippen molar-refractivity contribution in [1.29, 1.82) is 0 Å². The van der Waals surface area contributed by atoms with Crippen molar-refractivity contribution in [2.45, 2.75) is 25.0 Å². The number of amides is 1. The van der Waals surface area contributed by atoms with Gasteiger partial charge in [-0.2, -0.15) is 0 Å². The fourth-order valence-corrected chi connectivity index (χ4v) is 2.64. The molecule has 1 aliphatic rings. The molecule has 3 rings (SSSR count). The minimum atomic E-state index is -1.07. The zero-order valence-corrected chi connectivity index (χ0v) is 14.3. The second-order valence-corrected chi connectivity index (χ2v) is 6.46. The minimum Gasteiger partial charge on any atom is -0.444 e. The molecule has 1 fully saturated rings. The molecule has 1 N–H and O–H groups in total. The Morgan fingerprint density at radius 3 is 2.54 bits per heavy atom. The molecule has 4 nitrogen and oxygen atoms in total. The third-order valence-corrected chi connectivity index (χ3v) is 4.33. The van der Waals surface area contributed by atoms with Crippen molar-refractivity contribution in [2.24, 2.45) is 0 Å². The summed E-state index contributed by atoms with van der Waals surface area (Å²) < 4.78 is 19.2. The maximum atomic E-state index is 13.4. The third kappa shape index (κ3) is 4.00. The Labute approximate surface area is 147 Å². The van der Waals surface area contributed by atoms with E-state index in [1.54, 1.807) is 24.3 Å². The van der Waals surface area contributed by atoms with E-state index in [0.29, 0.717) is 10.0 Å². The van der Waals surface area contributed by atoms with E-state index in [1.165, 1.54) is 12.1 Å². The summed E-state index contributed by atoms with van der Waals surface area (Å²) in [4.78, 5) is 24.8. The highest BCUT2D eigenvalue weighted by Crippen LogP contribution is 2.26. The van der Waals surface area contributed by atoms with Crippen molar-refractivity contribution in [3.05, 3.63) is 69.9 Å². The van der Waals surface area contributed by atoms with E-state index in [9.17, 15) is 14.0 Å². The summed E-state index contributed by atoms with van der Waals surface area (Å²) in [6, 6.07) is 12.6. The summed E-state index contributed by atoms with van der Waals surface area (Å²) in [5.74, 6) is -1.69. The van der Waals surface area contributed by atoms with Crippen LogP contribution in [0, 0.1) is 5.82 Å². The number of rotatable bonds is 5. The van der Waals surface area contributed by atoms with Crippen molar-refractivity contribution >= 4 is 27.8 Å². The maximum absolute atomic E-state index is 13.4. The van der Waals surface area contributed by atoms with Crippen LogP contribution in [-0.2, 0) is 9.53 Å². The van der Waals surface area contributed by atoms with Crippen LogP contribution in [0.15, 0.2) is 53.0 Å². The predicted octanol–water partition coefficient (Wildman–Crippen LogP) is 3.76. The summed E-state index contributed by atoms with van der Waals surface area (Å²) >= 11 is 3.20. The van der Waals surface area contributed by atoms with Crippen LogP contribution in [-0.4, -0.2) is 17.9 Å². The molecule has 2 aromatic rings. The monoisotopic (exact) mass is 391 g/mol. The Bertz CT molecular complexity index is 762. The summed E-state index contributed by atoms with van der Waals surface area (Å²) in [6.07, 6.45) is 0.780. The lowest BCUT2D eigenvalue weighted by Gasteiger charge is -2.18. The number of carbonyl (C=O) groups excluding carboxylic acids is 2. The van der Waals surface area contributed by atoms with Gasteiger partial charge in [-0.15, -0.1) is 0 Å². The first kappa shape index (κ1) is 16.6. The fraction of sp³-hybridized carbons (Fsp3) is 0.222. The van der Waals surface area contributed by atoms with Crippen molar-refractivity contribution in [2.75, 3.05) is 0 Å². The summed E-state index contributed by atoms with van der Waals surface area (Å²) in [5.41, 5.74) is 0.603. The van der Waals surface area contributed by atoms with Crippen LogP contribution < -0.4 is 5.32 Å². The molecule has 24 heavy (non-hydrogen) atoms. The standard InChI is InChI=1S/C18H15BrFNO3/c19-15-9-6-12(20)10-14(15)18(23)24-16(11-4-2-1-3-5-11)17(22)21-13-7-8-13/h1-6,9-10,13,16H,7-8H2,(H,21,22). The topological polar surface area (TPSA) is 55.4 Å². The van der Waals surface area contributed by atoms with Gasteiger partial charge < -0.3 is 10.1 Å². The molecule has 1 amide bonds. The molecule has 1 saturated carbocycles. The number of ether oxygens (including phenoxy) is 1. The van der Waals surface area contributed by atoms with E-state index in [1.807, 2.05) is 6.07 Å². The van der Waals surface area contributed by atoms with Gasteiger partial charge in [-0.05, 0) is 47.0 Å². The van der Waals surface area contributed by atoms with E-state index < -0.39 is 17.9 Å². The minimum absolute atomic E-state index is 0.0372. The van der Waals surface area contributed by atoms with Gasteiger partial charge >= 0.3 is 5.97 Å².